The molecule has 0 saturated carbocycles. The van der Waals surface area contributed by atoms with Crippen LogP contribution < -0.4 is 10.1 Å². The van der Waals surface area contributed by atoms with E-state index in [4.69, 9.17) is 4.74 Å². The SMILES string of the molecule is CCOc1ccc(C(C)NC)cc1F. The number of ether oxygens (including phenoxy) is 1. The van der Waals surface area contributed by atoms with E-state index in [1.807, 2.05) is 27.0 Å². The van der Waals surface area contributed by atoms with Gasteiger partial charge in [-0.3, -0.25) is 0 Å². The summed E-state index contributed by atoms with van der Waals surface area (Å²) in [5, 5.41) is 3.05. The van der Waals surface area contributed by atoms with E-state index in [1.54, 1.807) is 6.07 Å². The van der Waals surface area contributed by atoms with E-state index >= 15 is 0 Å². The van der Waals surface area contributed by atoms with E-state index in [1.165, 1.54) is 6.07 Å². The van der Waals surface area contributed by atoms with Crippen LogP contribution in [0.2, 0.25) is 0 Å². The molecule has 0 fully saturated rings. The van der Waals surface area contributed by atoms with Gasteiger partial charge in [0.15, 0.2) is 11.6 Å². The molecule has 78 valence electrons. The summed E-state index contributed by atoms with van der Waals surface area (Å²) in [5.41, 5.74) is 0.924. The first-order valence-corrected chi connectivity index (χ1v) is 4.78. The minimum Gasteiger partial charge on any atom is -0.491 e. The van der Waals surface area contributed by atoms with Crippen LogP contribution in [0.5, 0.6) is 5.75 Å². The predicted molar refractivity (Wildman–Crippen MR) is 55.0 cm³/mol. The van der Waals surface area contributed by atoms with Crippen LogP contribution >= 0.6 is 0 Å². The summed E-state index contributed by atoms with van der Waals surface area (Å²) in [4.78, 5) is 0. The zero-order valence-electron chi connectivity index (χ0n) is 8.80. The first-order chi connectivity index (χ1) is 6.69. The van der Waals surface area contributed by atoms with Gasteiger partial charge in [0, 0.05) is 6.04 Å². The lowest BCUT2D eigenvalue weighted by atomic mass is 10.1. The molecule has 0 aliphatic rings. The summed E-state index contributed by atoms with van der Waals surface area (Å²) < 4.78 is 18.5. The highest BCUT2D eigenvalue weighted by atomic mass is 19.1. The molecule has 1 atom stereocenters. The molecule has 1 aromatic carbocycles. The number of hydrogen-bond donors (Lipinski definition) is 1. The Morgan fingerprint density at radius 2 is 2.21 bits per heavy atom. The van der Waals surface area contributed by atoms with Gasteiger partial charge >= 0.3 is 0 Å². The van der Waals surface area contributed by atoms with Crippen molar-refractivity contribution in [2.45, 2.75) is 19.9 Å². The average Bonchev–Trinajstić information content (AvgIpc) is 2.20. The molecule has 0 aliphatic heterocycles. The van der Waals surface area contributed by atoms with Gasteiger partial charge in [0.25, 0.3) is 0 Å². The van der Waals surface area contributed by atoms with Gasteiger partial charge in [-0.1, -0.05) is 6.07 Å². The standard InChI is InChI=1S/C11H16FNO/c1-4-14-11-6-5-9(7-10(11)12)8(2)13-3/h5-8,13H,4H2,1-3H3. The first-order valence-electron chi connectivity index (χ1n) is 4.78. The second kappa shape index (κ2) is 4.96. The molecule has 0 bridgehead atoms. The fourth-order valence-electron chi connectivity index (χ4n) is 1.23. The molecular weight excluding hydrogens is 181 g/mol. The molecular formula is C11H16FNO. The van der Waals surface area contributed by atoms with Crippen molar-refractivity contribution in [1.82, 2.24) is 5.32 Å². The molecule has 3 heteroatoms. The van der Waals surface area contributed by atoms with E-state index in [0.717, 1.165) is 5.56 Å². The molecule has 0 radical (unpaired) electrons. The highest BCUT2D eigenvalue weighted by Crippen LogP contribution is 2.21. The fourth-order valence-corrected chi connectivity index (χ4v) is 1.23. The second-order valence-corrected chi connectivity index (χ2v) is 3.13. The van der Waals surface area contributed by atoms with Gasteiger partial charge in [-0.2, -0.15) is 0 Å². The lowest BCUT2D eigenvalue weighted by molar-refractivity contribution is 0.321. The molecule has 1 rings (SSSR count). The minimum atomic E-state index is -0.300. The maximum absolute atomic E-state index is 13.4. The third kappa shape index (κ3) is 2.45. The zero-order valence-corrected chi connectivity index (χ0v) is 8.80. The monoisotopic (exact) mass is 197 g/mol. The van der Waals surface area contributed by atoms with Crippen LogP contribution in [0.25, 0.3) is 0 Å². The molecule has 1 unspecified atom stereocenters. The Labute approximate surface area is 84.1 Å². The van der Waals surface area contributed by atoms with Gasteiger partial charge in [0.05, 0.1) is 6.61 Å². The third-order valence-corrected chi connectivity index (χ3v) is 2.19. The van der Waals surface area contributed by atoms with Crippen LogP contribution in [0.1, 0.15) is 25.5 Å². The molecule has 14 heavy (non-hydrogen) atoms. The summed E-state index contributed by atoms with van der Waals surface area (Å²) in [6.45, 7) is 4.30. The lowest BCUT2D eigenvalue weighted by Gasteiger charge is -2.12. The quantitative estimate of drug-likeness (QED) is 0.800. The van der Waals surface area contributed by atoms with E-state index in [0.29, 0.717) is 12.4 Å². The summed E-state index contributed by atoms with van der Waals surface area (Å²) in [5.74, 6) is 0.0194. The summed E-state index contributed by atoms with van der Waals surface area (Å²) in [7, 11) is 1.85. The van der Waals surface area contributed by atoms with Crippen LogP contribution in [0.4, 0.5) is 4.39 Å². The molecule has 0 heterocycles. The molecule has 0 saturated heterocycles. The lowest BCUT2D eigenvalue weighted by Crippen LogP contribution is -2.12. The van der Waals surface area contributed by atoms with Crippen molar-refractivity contribution in [2.75, 3.05) is 13.7 Å². The second-order valence-electron chi connectivity index (χ2n) is 3.13. The fraction of sp³-hybridized carbons (Fsp3) is 0.455. The van der Waals surface area contributed by atoms with Crippen molar-refractivity contribution in [3.05, 3.63) is 29.6 Å². The van der Waals surface area contributed by atoms with E-state index in [9.17, 15) is 4.39 Å². The number of halogens is 1. The molecule has 0 spiro atoms. The topological polar surface area (TPSA) is 21.3 Å². The highest BCUT2D eigenvalue weighted by molar-refractivity contribution is 5.30. The van der Waals surface area contributed by atoms with Crippen molar-refractivity contribution in [1.29, 1.82) is 0 Å². The van der Waals surface area contributed by atoms with Crippen molar-refractivity contribution in [2.24, 2.45) is 0 Å². The van der Waals surface area contributed by atoms with Crippen LogP contribution in [0, 0.1) is 5.82 Å². The predicted octanol–water partition coefficient (Wildman–Crippen LogP) is 2.50. The summed E-state index contributed by atoms with van der Waals surface area (Å²) >= 11 is 0. The van der Waals surface area contributed by atoms with Crippen LogP contribution in [0.3, 0.4) is 0 Å². The van der Waals surface area contributed by atoms with E-state index < -0.39 is 0 Å². The van der Waals surface area contributed by atoms with Crippen LogP contribution in [0.15, 0.2) is 18.2 Å². The smallest absolute Gasteiger partial charge is 0.165 e. The zero-order chi connectivity index (χ0) is 10.6. The van der Waals surface area contributed by atoms with Crippen molar-refractivity contribution in [3.8, 4) is 5.75 Å². The van der Waals surface area contributed by atoms with Gasteiger partial charge in [-0.15, -0.1) is 0 Å². The minimum absolute atomic E-state index is 0.153. The Balaban J connectivity index is 2.88. The Morgan fingerprint density at radius 3 is 2.71 bits per heavy atom. The Hall–Kier alpha value is -1.09. The largest absolute Gasteiger partial charge is 0.491 e. The van der Waals surface area contributed by atoms with Crippen molar-refractivity contribution < 1.29 is 9.13 Å². The Morgan fingerprint density at radius 1 is 1.50 bits per heavy atom. The molecule has 2 nitrogen and oxygen atoms in total. The molecule has 1 N–H and O–H groups in total. The maximum atomic E-state index is 13.4. The molecule has 0 amide bonds. The summed E-state index contributed by atoms with van der Waals surface area (Å²) in [6.07, 6.45) is 0. The third-order valence-electron chi connectivity index (χ3n) is 2.19. The molecule has 0 aliphatic carbocycles. The molecule has 1 aromatic rings. The number of hydrogen-bond acceptors (Lipinski definition) is 2. The van der Waals surface area contributed by atoms with Crippen molar-refractivity contribution in [3.63, 3.8) is 0 Å². The normalized spacial score (nSPS) is 12.6. The van der Waals surface area contributed by atoms with E-state index in [2.05, 4.69) is 5.32 Å². The van der Waals surface area contributed by atoms with Gasteiger partial charge in [-0.25, -0.2) is 4.39 Å². The highest BCUT2D eigenvalue weighted by Gasteiger charge is 2.07. The average molecular weight is 197 g/mol. The van der Waals surface area contributed by atoms with Crippen molar-refractivity contribution >= 4 is 0 Å². The van der Waals surface area contributed by atoms with Crippen LogP contribution in [-0.2, 0) is 0 Å². The van der Waals surface area contributed by atoms with Gasteiger partial charge < -0.3 is 10.1 Å². The molecule has 0 aromatic heterocycles. The number of benzene rings is 1. The number of nitrogens with one attached hydrogen (secondary N) is 1. The van der Waals surface area contributed by atoms with Gasteiger partial charge in [0.2, 0.25) is 0 Å². The Bertz CT molecular complexity index is 301. The summed E-state index contributed by atoms with van der Waals surface area (Å²) in [6, 6.07) is 5.20. The Kier molecular flexibility index (Phi) is 3.89. The van der Waals surface area contributed by atoms with Crippen LogP contribution in [-0.4, -0.2) is 13.7 Å². The maximum Gasteiger partial charge on any atom is 0.165 e. The van der Waals surface area contributed by atoms with Gasteiger partial charge in [-0.05, 0) is 38.6 Å². The van der Waals surface area contributed by atoms with Gasteiger partial charge in [0.1, 0.15) is 0 Å². The first kappa shape index (κ1) is 11.0. The van der Waals surface area contributed by atoms with E-state index in [-0.39, 0.29) is 11.9 Å². The number of rotatable bonds is 4.